The van der Waals surface area contributed by atoms with E-state index in [0.29, 0.717) is 16.3 Å². The Kier molecular flexibility index (Phi) is 5.56. The van der Waals surface area contributed by atoms with E-state index < -0.39 is 23.3 Å². The first-order chi connectivity index (χ1) is 13.4. The van der Waals surface area contributed by atoms with E-state index in [4.69, 9.17) is 9.47 Å². The molecule has 1 aliphatic rings. The quantitative estimate of drug-likeness (QED) is 0.795. The van der Waals surface area contributed by atoms with Crippen molar-refractivity contribution in [3.05, 3.63) is 63.2 Å². The third-order valence-electron chi connectivity index (χ3n) is 5.33. The lowest BCUT2D eigenvalue weighted by molar-refractivity contribution is -0.150. The van der Waals surface area contributed by atoms with Gasteiger partial charge in [0.15, 0.2) is 0 Å². The molecule has 1 aromatic heterocycles. The summed E-state index contributed by atoms with van der Waals surface area (Å²) in [5.41, 5.74) is 1.48. The van der Waals surface area contributed by atoms with E-state index in [9.17, 15) is 9.59 Å². The molecule has 2 aromatic rings. The van der Waals surface area contributed by atoms with Gasteiger partial charge in [-0.15, -0.1) is 11.3 Å². The second-order valence-corrected chi connectivity index (χ2v) is 7.77. The highest BCUT2D eigenvalue weighted by molar-refractivity contribution is 7.09. The molecule has 3 rings (SSSR count). The molecular formula is C21H24N2O4S. The highest BCUT2D eigenvalue weighted by atomic mass is 32.1. The lowest BCUT2D eigenvalue weighted by Gasteiger charge is -2.47. The fourth-order valence-corrected chi connectivity index (χ4v) is 5.11. The number of ether oxygens (including phenoxy) is 2. The summed E-state index contributed by atoms with van der Waals surface area (Å²) < 4.78 is 10.4. The van der Waals surface area contributed by atoms with Crippen molar-refractivity contribution in [1.29, 1.82) is 0 Å². The Morgan fingerprint density at radius 3 is 2.36 bits per heavy atom. The first-order valence-corrected chi connectivity index (χ1v) is 9.87. The van der Waals surface area contributed by atoms with E-state index in [1.54, 1.807) is 0 Å². The molecule has 0 bridgehead atoms. The molecule has 2 heterocycles. The number of carbonyl (C=O) groups is 2. The fourth-order valence-electron chi connectivity index (χ4n) is 4.13. The number of aromatic nitrogens is 1. The van der Waals surface area contributed by atoms with Crippen LogP contribution >= 0.6 is 11.3 Å². The van der Waals surface area contributed by atoms with E-state index in [2.05, 4.69) is 10.3 Å². The zero-order valence-electron chi connectivity index (χ0n) is 16.6. The number of thiazole rings is 1. The molecule has 3 atom stereocenters. The van der Waals surface area contributed by atoms with Gasteiger partial charge in [-0.3, -0.25) is 4.79 Å². The SMILES string of the molecule is COC(=O)C1=C(C)NC(C)C(C(=O)OC)(c2ccccc2)C1c1nc(C)cs1. The summed E-state index contributed by atoms with van der Waals surface area (Å²) in [6.07, 6.45) is 0. The predicted octanol–water partition coefficient (Wildman–Crippen LogP) is 3.08. The molecule has 3 unspecified atom stereocenters. The number of rotatable bonds is 4. The molecule has 0 saturated carbocycles. The lowest BCUT2D eigenvalue weighted by Crippen LogP contribution is -2.60. The van der Waals surface area contributed by atoms with Crippen molar-refractivity contribution in [3.63, 3.8) is 0 Å². The largest absolute Gasteiger partial charge is 0.468 e. The third kappa shape index (κ3) is 2.99. The maximum absolute atomic E-state index is 13.4. The van der Waals surface area contributed by atoms with E-state index in [-0.39, 0.29) is 6.04 Å². The Hall–Kier alpha value is -2.67. The first-order valence-electron chi connectivity index (χ1n) is 8.99. The van der Waals surface area contributed by atoms with Crippen LogP contribution in [0, 0.1) is 6.92 Å². The topological polar surface area (TPSA) is 77.5 Å². The zero-order chi connectivity index (χ0) is 20.5. The molecule has 7 heteroatoms. The van der Waals surface area contributed by atoms with Crippen molar-refractivity contribution in [1.82, 2.24) is 10.3 Å². The van der Waals surface area contributed by atoms with Crippen molar-refractivity contribution >= 4 is 23.3 Å². The average Bonchev–Trinajstić information content (AvgIpc) is 3.13. The maximum Gasteiger partial charge on any atom is 0.336 e. The highest BCUT2D eigenvalue weighted by Gasteiger charge is 2.59. The number of benzene rings is 1. The van der Waals surface area contributed by atoms with Crippen molar-refractivity contribution in [2.75, 3.05) is 14.2 Å². The summed E-state index contributed by atoms with van der Waals surface area (Å²) >= 11 is 1.43. The van der Waals surface area contributed by atoms with Crippen LogP contribution in [-0.4, -0.2) is 37.2 Å². The second kappa shape index (κ2) is 7.75. The molecule has 1 N–H and O–H groups in total. The summed E-state index contributed by atoms with van der Waals surface area (Å²) in [4.78, 5) is 30.9. The number of methoxy groups -OCH3 is 2. The maximum atomic E-state index is 13.4. The average molecular weight is 401 g/mol. The number of nitrogens with one attached hydrogen (secondary N) is 1. The molecule has 0 fully saturated rings. The minimum atomic E-state index is -1.18. The molecular weight excluding hydrogens is 376 g/mol. The van der Waals surface area contributed by atoms with Gasteiger partial charge in [0.25, 0.3) is 0 Å². The van der Waals surface area contributed by atoms with Gasteiger partial charge in [0.05, 0.1) is 25.7 Å². The van der Waals surface area contributed by atoms with E-state index in [1.165, 1.54) is 25.6 Å². The second-order valence-electron chi connectivity index (χ2n) is 6.88. The van der Waals surface area contributed by atoms with Crippen molar-refractivity contribution in [2.45, 2.75) is 38.1 Å². The normalized spacial score (nSPS) is 24.5. The summed E-state index contributed by atoms with van der Waals surface area (Å²) in [5, 5.41) is 5.91. The van der Waals surface area contributed by atoms with Crippen LogP contribution in [0.25, 0.3) is 0 Å². The third-order valence-corrected chi connectivity index (χ3v) is 6.36. The van der Waals surface area contributed by atoms with E-state index in [0.717, 1.165) is 11.3 Å². The Balaban J connectivity index is 2.40. The number of hydrogen-bond donors (Lipinski definition) is 1. The Bertz CT molecular complexity index is 921. The summed E-state index contributed by atoms with van der Waals surface area (Å²) in [6.45, 7) is 5.64. The molecule has 0 radical (unpaired) electrons. The number of aryl methyl sites for hydroxylation is 1. The van der Waals surface area contributed by atoms with E-state index in [1.807, 2.05) is 56.5 Å². The fraction of sp³-hybridized carbons (Fsp3) is 0.381. The van der Waals surface area contributed by atoms with Crippen LogP contribution in [0.5, 0.6) is 0 Å². The number of carbonyl (C=O) groups excluding carboxylic acids is 2. The van der Waals surface area contributed by atoms with Gasteiger partial charge in [0.1, 0.15) is 10.4 Å². The highest BCUT2D eigenvalue weighted by Crippen LogP contribution is 2.51. The van der Waals surface area contributed by atoms with Crippen molar-refractivity contribution in [3.8, 4) is 0 Å². The number of hydrogen-bond acceptors (Lipinski definition) is 7. The molecule has 0 amide bonds. The standard InChI is InChI=1S/C21H24N2O4S/c1-12-11-28-18(22-12)17-16(19(24)26-4)13(2)23-14(3)21(17,20(25)27-5)15-9-7-6-8-10-15/h6-11,14,17,23H,1-5H3. The first kappa shape index (κ1) is 20.1. The van der Waals surface area contributed by atoms with Crippen LogP contribution in [0.1, 0.15) is 36.0 Å². The summed E-state index contributed by atoms with van der Waals surface area (Å²) in [7, 11) is 2.71. The van der Waals surface area contributed by atoms with Crippen LogP contribution in [0.3, 0.4) is 0 Å². The van der Waals surface area contributed by atoms with Gasteiger partial charge in [-0.2, -0.15) is 0 Å². The van der Waals surface area contributed by atoms with Crippen LogP contribution < -0.4 is 5.32 Å². The lowest BCUT2D eigenvalue weighted by atomic mass is 9.61. The summed E-state index contributed by atoms with van der Waals surface area (Å²) in [6, 6.07) is 9.07. The van der Waals surface area contributed by atoms with Gasteiger partial charge >= 0.3 is 11.9 Å². The van der Waals surface area contributed by atoms with Gasteiger partial charge in [-0.1, -0.05) is 30.3 Å². The Morgan fingerprint density at radius 2 is 1.82 bits per heavy atom. The van der Waals surface area contributed by atoms with Crippen molar-refractivity contribution in [2.24, 2.45) is 0 Å². The molecule has 148 valence electrons. The molecule has 1 aromatic carbocycles. The van der Waals surface area contributed by atoms with Crippen LogP contribution in [0.4, 0.5) is 0 Å². The molecule has 0 aliphatic carbocycles. The van der Waals surface area contributed by atoms with Gasteiger partial charge in [0, 0.05) is 22.8 Å². The molecule has 28 heavy (non-hydrogen) atoms. The van der Waals surface area contributed by atoms with Gasteiger partial charge in [-0.25, -0.2) is 9.78 Å². The molecule has 0 spiro atoms. The molecule has 1 aliphatic heterocycles. The van der Waals surface area contributed by atoms with Crippen LogP contribution in [0.2, 0.25) is 0 Å². The zero-order valence-corrected chi connectivity index (χ0v) is 17.4. The Labute approximate surface area is 168 Å². The monoisotopic (exact) mass is 400 g/mol. The Morgan fingerprint density at radius 1 is 1.14 bits per heavy atom. The summed E-state index contributed by atoms with van der Waals surface area (Å²) in [5.74, 6) is -1.55. The van der Waals surface area contributed by atoms with Crippen LogP contribution in [-0.2, 0) is 24.5 Å². The van der Waals surface area contributed by atoms with Crippen molar-refractivity contribution < 1.29 is 19.1 Å². The van der Waals surface area contributed by atoms with Gasteiger partial charge in [0.2, 0.25) is 0 Å². The van der Waals surface area contributed by atoms with Crippen LogP contribution in [0.15, 0.2) is 47.0 Å². The number of allylic oxidation sites excluding steroid dienone is 1. The predicted molar refractivity (Wildman–Crippen MR) is 107 cm³/mol. The number of esters is 2. The van der Waals surface area contributed by atoms with Gasteiger partial charge in [-0.05, 0) is 26.3 Å². The minimum Gasteiger partial charge on any atom is -0.468 e. The molecule has 0 saturated heterocycles. The smallest absolute Gasteiger partial charge is 0.336 e. The number of nitrogens with zero attached hydrogens (tertiary/aromatic N) is 1. The minimum absolute atomic E-state index is 0.343. The van der Waals surface area contributed by atoms with Gasteiger partial charge < -0.3 is 14.8 Å². The molecule has 6 nitrogen and oxygen atoms in total. The van der Waals surface area contributed by atoms with E-state index >= 15 is 0 Å².